The lowest BCUT2D eigenvalue weighted by Gasteiger charge is -2.27. The lowest BCUT2D eigenvalue weighted by Crippen LogP contribution is -2.44. The second-order valence-corrected chi connectivity index (χ2v) is 5.91. The van der Waals surface area contributed by atoms with Gasteiger partial charge in [-0.15, -0.1) is 12.4 Å². The first kappa shape index (κ1) is 18.8. The third-order valence-corrected chi connectivity index (χ3v) is 4.33. The Labute approximate surface area is 139 Å². The maximum absolute atomic E-state index is 12.0. The van der Waals surface area contributed by atoms with Crippen molar-refractivity contribution in [3.8, 4) is 5.75 Å². The Morgan fingerprint density at radius 3 is 2.68 bits per heavy atom. The van der Waals surface area contributed by atoms with Gasteiger partial charge in [-0.25, -0.2) is 0 Å². The van der Waals surface area contributed by atoms with Crippen LogP contribution in [0.25, 0.3) is 0 Å². The van der Waals surface area contributed by atoms with Crippen molar-refractivity contribution in [1.29, 1.82) is 0 Å². The number of carbonyl (C=O) groups is 1. The Bertz CT molecular complexity index is 477. The van der Waals surface area contributed by atoms with Crippen molar-refractivity contribution in [3.63, 3.8) is 0 Å². The highest BCUT2D eigenvalue weighted by Crippen LogP contribution is 2.27. The third-order valence-electron chi connectivity index (χ3n) is 4.33. The van der Waals surface area contributed by atoms with Gasteiger partial charge < -0.3 is 15.8 Å². The van der Waals surface area contributed by atoms with E-state index in [1.807, 2.05) is 38.1 Å². The highest BCUT2D eigenvalue weighted by atomic mass is 35.5. The van der Waals surface area contributed by atoms with Crippen LogP contribution >= 0.6 is 12.4 Å². The molecule has 1 aromatic carbocycles. The number of carbonyl (C=O) groups excluding carboxylic acids is 1. The third kappa shape index (κ3) is 4.89. The van der Waals surface area contributed by atoms with Crippen LogP contribution in [0.5, 0.6) is 5.75 Å². The van der Waals surface area contributed by atoms with E-state index in [0.29, 0.717) is 12.6 Å². The van der Waals surface area contributed by atoms with Crippen molar-refractivity contribution < 1.29 is 9.53 Å². The number of benzene rings is 1. The number of ether oxygens (including phenoxy) is 1. The summed E-state index contributed by atoms with van der Waals surface area (Å²) in [6, 6.07) is 7.43. The molecule has 1 aliphatic carbocycles. The highest BCUT2D eigenvalue weighted by Gasteiger charge is 2.21. The zero-order valence-electron chi connectivity index (χ0n) is 13.4. The number of para-hydroxylation sites is 1. The summed E-state index contributed by atoms with van der Waals surface area (Å²) < 4.78 is 5.96. The SMILES string of the molecule is CCC(C)C(N)C(=O)NCc1ccccc1OC1CCC1.Cl. The molecular weight excluding hydrogens is 300 g/mol. The highest BCUT2D eigenvalue weighted by molar-refractivity contribution is 5.85. The maximum atomic E-state index is 12.0. The topological polar surface area (TPSA) is 64.4 Å². The summed E-state index contributed by atoms with van der Waals surface area (Å²) in [5, 5.41) is 2.92. The van der Waals surface area contributed by atoms with Gasteiger partial charge in [0.05, 0.1) is 12.1 Å². The average Bonchev–Trinajstić information content (AvgIpc) is 2.47. The van der Waals surface area contributed by atoms with E-state index in [4.69, 9.17) is 10.5 Å². The lowest BCUT2D eigenvalue weighted by atomic mass is 9.96. The van der Waals surface area contributed by atoms with Crippen molar-refractivity contribution >= 4 is 18.3 Å². The van der Waals surface area contributed by atoms with Gasteiger partial charge in [0.2, 0.25) is 5.91 Å². The molecule has 0 heterocycles. The minimum absolute atomic E-state index is 0. The molecule has 0 aromatic heterocycles. The van der Waals surface area contributed by atoms with Gasteiger partial charge in [0.25, 0.3) is 0 Å². The number of hydrogen-bond acceptors (Lipinski definition) is 3. The molecule has 2 unspecified atom stereocenters. The van der Waals surface area contributed by atoms with Gasteiger partial charge >= 0.3 is 0 Å². The summed E-state index contributed by atoms with van der Waals surface area (Å²) in [7, 11) is 0. The van der Waals surface area contributed by atoms with Gasteiger partial charge in [-0.2, -0.15) is 0 Å². The standard InChI is InChI=1S/C17H26N2O2.ClH/c1-3-12(2)16(18)17(20)19-11-13-7-4-5-10-15(13)21-14-8-6-9-14;/h4-5,7,10,12,14,16H,3,6,8-9,11,18H2,1-2H3,(H,19,20);1H. The van der Waals surface area contributed by atoms with Crippen molar-refractivity contribution in [2.75, 3.05) is 0 Å². The molecule has 124 valence electrons. The molecule has 0 bridgehead atoms. The molecule has 0 aliphatic heterocycles. The van der Waals surface area contributed by atoms with E-state index in [1.165, 1.54) is 6.42 Å². The number of halogens is 1. The minimum Gasteiger partial charge on any atom is -0.490 e. The minimum atomic E-state index is -0.449. The first-order valence-electron chi connectivity index (χ1n) is 7.89. The zero-order valence-corrected chi connectivity index (χ0v) is 14.2. The van der Waals surface area contributed by atoms with Gasteiger partial charge in [0.15, 0.2) is 0 Å². The summed E-state index contributed by atoms with van der Waals surface area (Å²) in [6.07, 6.45) is 4.73. The maximum Gasteiger partial charge on any atom is 0.237 e. The molecular formula is C17H27ClN2O2. The van der Waals surface area contributed by atoms with E-state index in [2.05, 4.69) is 5.32 Å². The summed E-state index contributed by atoms with van der Waals surface area (Å²) >= 11 is 0. The molecule has 22 heavy (non-hydrogen) atoms. The van der Waals surface area contributed by atoms with Crippen molar-refractivity contribution in [1.82, 2.24) is 5.32 Å². The molecule has 1 amide bonds. The molecule has 4 nitrogen and oxygen atoms in total. The molecule has 2 atom stereocenters. The molecule has 1 saturated carbocycles. The van der Waals surface area contributed by atoms with Crippen LogP contribution in [0.3, 0.4) is 0 Å². The van der Waals surface area contributed by atoms with Gasteiger partial charge in [0, 0.05) is 12.1 Å². The molecule has 1 aromatic rings. The summed E-state index contributed by atoms with van der Waals surface area (Å²) in [5.41, 5.74) is 6.95. The predicted molar refractivity (Wildman–Crippen MR) is 91.2 cm³/mol. The zero-order chi connectivity index (χ0) is 15.2. The van der Waals surface area contributed by atoms with E-state index in [-0.39, 0.29) is 24.2 Å². The van der Waals surface area contributed by atoms with Crippen LogP contribution in [-0.4, -0.2) is 18.1 Å². The molecule has 1 fully saturated rings. The monoisotopic (exact) mass is 326 g/mol. The molecule has 5 heteroatoms. The van der Waals surface area contributed by atoms with Gasteiger partial charge in [-0.3, -0.25) is 4.79 Å². The Morgan fingerprint density at radius 1 is 1.41 bits per heavy atom. The molecule has 3 N–H and O–H groups in total. The fraction of sp³-hybridized carbons (Fsp3) is 0.588. The average molecular weight is 327 g/mol. The van der Waals surface area contributed by atoms with E-state index in [9.17, 15) is 4.79 Å². The van der Waals surface area contributed by atoms with Gasteiger partial charge in [-0.1, -0.05) is 38.5 Å². The summed E-state index contributed by atoms with van der Waals surface area (Å²) in [4.78, 5) is 12.0. The fourth-order valence-corrected chi connectivity index (χ4v) is 2.25. The second kappa shape index (κ2) is 9.01. The normalized spacial score (nSPS) is 16.9. The molecule has 0 spiro atoms. The van der Waals surface area contributed by atoms with Crippen LogP contribution in [-0.2, 0) is 11.3 Å². The van der Waals surface area contributed by atoms with Crippen LogP contribution in [0.4, 0.5) is 0 Å². The van der Waals surface area contributed by atoms with E-state index < -0.39 is 6.04 Å². The van der Waals surface area contributed by atoms with Crippen LogP contribution in [0.2, 0.25) is 0 Å². The van der Waals surface area contributed by atoms with Crippen molar-refractivity contribution in [3.05, 3.63) is 29.8 Å². The van der Waals surface area contributed by atoms with Crippen LogP contribution < -0.4 is 15.8 Å². The molecule has 2 rings (SSSR count). The molecule has 0 radical (unpaired) electrons. The second-order valence-electron chi connectivity index (χ2n) is 5.91. The van der Waals surface area contributed by atoms with Crippen molar-refractivity contribution in [2.24, 2.45) is 11.7 Å². The lowest BCUT2D eigenvalue weighted by molar-refractivity contribution is -0.123. The number of rotatable bonds is 7. The summed E-state index contributed by atoms with van der Waals surface area (Å²) in [5.74, 6) is 0.967. The van der Waals surface area contributed by atoms with Crippen molar-refractivity contribution in [2.45, 2.75) is 58.2 Å². The number of nitrogens with two attached hydrogens (primary N) is 1. The number of nitrogens with one attached hydrogen (secondary N) is 1. The first-order valence-corrected chi connectivity index (χ1v) is 7.89. The predicted octanol–water partition coefficient (Wildman–Crippen LogP) is 3.03. The first-order chi connectivity index (χ1) is 10.1. The Balaban J connectivity index is 0.00000242. The Hall–Kier alpha value is -1.26. The van der Waals surface area contributed by atoms with Crippen LogP contribution in [0.15, 0.2) is 24.3 Å². The fourth-order valence-electron chi connectivity index (χ4n) is 2.25. The Kier molecular flexibility index (Phi) is 7.69. The van der Waals surface area contributed by atoms with Gasteiger partial charge in [-0.05, 0) is 31.2 Å². The smallest absolute Gasteiger partial charge is 0.237 e. The van der Waals surface area contributed by atoms with Crippen LogP contribution in [0.1, 0.15) is 45.1 Å². The molecule has 0 saturated heterocycles. The largest absolute Gasteiger partial charge is 0.490 e. The number of hydrogen-bond donors (Lipinski definition) is 2. The van der Waals surface area contributed by atoms with E-state index >= 15 is 0 Å². The molecule has 1 aliphatic rings. The van der Waals surface area contributed by atoms with Crippen LogP contribution in [0, 0.1) is 5.92 Å². The van der Waals surface area contributed by atoms with E-state index in [0.717, 1.165) is 30.6 Å². The van der Waals surface area contributed by atoms with E-state index in [1.54, 1.807) is 0 Å². The quantitative estimate of drug-likeness (QED) is 0.809. The Morgan fingerprint density at radius 2 is 2.09 bits per heavy atom. The van der Waals surface area contributed by atoms with Gasteiger partial charge in [0.1, 0.15) is 5.75 Å². The number of amides is 1. The summed E-state index contributed by atoms with van der Waals surface area (Å²) in [6.45, 7) is 4.50.